The Bertz CT molecular complexity index is 500. The summed E-state index contributed by atoms with van der Waals surface area (Å²) >= 11 is 0. The van der Waals surface area contributed by atoms with Crippen molar-refractivity contribution in [1.82, 2.24) is 0 Å². The van der Waals surface area contributed by atoms with E-state index in [-0.39, 0.29) is 0 Å². The summed E-state index contributed by atoms with van der Waals surface area (Å²) in [7, 11) is -3.89. The SMILES string of the molecule is CCCC(CCC)C(C)(C)OP(=O)(OC(C)(C)C(CCC)CCC)OC(C)(C)C(CCC)CCC. The lowest BCUT2D eigenvalue weighted by Crippen LogP contribution is -2.41. The monoisotopic (exact) mass is 518 g/mol. The number of phosphoric acid groups is 1. The van der Waals surface area contributed by atoms with Crippen molar-refractivity contribution < 1.29 is 18.1 Å². The molecule has 0 bridgehead atoms. The summed E-state index contributed by atoms with van der Waals surface area (Å²) in [5, 5.41) is 0. The standard InChI is InChI=1S/C30H63O4P/c1-13-19-25(20-14-2)28(7,8)32-35(31,33-29(9,10)26(21-15-3)22-16-4)34-30(11,12)27(23-17-5)24-18-6/h25-27H,13-24H2,1-12H3. The van der Waals surface area contributed by atoms with E-state index in [2.05, 4.69) is 83.1 Å². The maximum Gasteiger partial charge on any atom is 0.476 e. The minimum atomic E-state index is -3.89. The third kappa shape index (κ3) is 12.0. The van der Waals surface area contributed by atoms with E-state index in [0.717, 1.165) is 77.0 Å². The van der Waals surface area contributed by atoms with Crippen LogP contribution in [0.15, 0.2) is 0 Å². The highest BCUT2D eigenvalue weighted by Gasteiger charge is 2.48. The molecule has 212 valence electrons. The largest absolute Gasteiger partial charge is 0.476 e. The van der Waals surface area contributed by atoms with Crippen molar-refractivity contribution in [3.63, 3.8) is 0 Å². The maximum absolute atomic E-state index is 14.7. The van der Waals surface area contributed by atoms with E-state index in [0.29, 0.717) is 17.8 Å². The van der Waals surface area contributed by atoms with Crippen LogP contribution in [-0.2, 0) is 18.1 Å². The molecule has 4 nitrogen and oxygen atoms in total. The van der Waals surface area contributed by atoms with Crippen LogP contribution in [0.1, 0.15) is 160 Å². The van der Waals surface area contributed by atoms with Crippen molar-refractivity contribution in [2.45, 2.75) is 177 Å². The molecule has 0 amide bonds. The molecule has 0 aliphatic heterocycles. The minimum absolute atomic E-state index is 0.299. The fourth-order valence-electron chi connectivity index (χ4n) is 5.75. The molecule has 0 radical (unpaired) electrons. The van der Waals surface area contributed by atoms with Crippen molar-refractivity contribution in [3.8, 4) is 0 Å². The van der Waals surface area contributed by atoms with Crippen molar-refractivity contribution in [1.29, 1.82) is 0 Å². The zero-order valence-electron chi connectivity index (χ0n) is 25.8. The maximum atomic E-state index is 14.7. The van der Waals surface area contributed by atoms with E-state index in [1.165, 1.54) is 0 Å². The first-order chi connectivity index (χ1) is 16.2. The third-order valence-electron chi connectivity index (χ3n) is 7.81. The molecule has 0 aliphatic rings. The van der Waals surface area contributed by atoms with E-state index >= 15 is 0 Å². The lowest BCUT2D eigenvalue weighted by molar-refractivity contribution is -0.0878. The lowest BCUT2D eigenvalue weighted by Gasteiger charge is -2.44. The summed E-state index contributed by atoms with van der Waals surface area (Å²) in [6.45, 7) is 25.7. The van der Waals surface area contributed by atoms with Gasteiger partial charge in [-0.15, -0.1) is 0 Å². The second-order valence-electron chi connectivity index (χ2n) is 12.4. The van der Waals surface area contributed by atoms with Crippen molar-refractivity contribution >= 4 is 7.82 Å². The molecule has 0 saturated heterocycles. The molecule has 0 fully saturated rings. The van der Waals surface area contributed by atoms with Crippen molar-refractivity contribution in [2.75, 3.05) is 0 Å². The van der Waals surface area contributed by atoms with Gasteiger partial charge in [-0.05, 0) is 97.8 Å². The van der Waals surface area contributed by atoms with Crippen LogP contribution in [0.4, 0.5) is 0 Å². The van der Waals surface area contributed by atoms with Crippen LogP contribution in [0.2, 0.25) is 0 Å². The summed E-state index contributed by atoms with van der Waals surface area (Å²) < 4.78 is 34.5. The van der Waals surface area contributed by atoms with Crippen LogP contribution < -0.4 is 0 Å². The fraction of sp³-hybridized carbons (Fsp3) is 1.00. The van der Waals surface area contributed by atoms with Gasteiger partial charge in [0.25, 0.3) is 0 Å². The van der Waals surface area contributed by atoms with Crippen LogP contribution in [0.25, 0.3) is 0 Å². The molecule has 0 N–H and O–H groups in total. The number of rotatable bonds is 21. The van der Waals surface area contributed by atoms with Crippen LogP contribution in [0, 0.1) is 17.8 Å². The van der Waals surface area contributed by atoms with Crippen LogP contribution in [0.5, 0.6) is 0 Å². The Kier molecular flexibility index (Phi) is 16.2. The summed E-state index contributed by atoms with van der Waals surface area (Å²) in [6.07, 6.45) is 12.7. The van der Waals surface area contributed by atoms with E-state index in [4.69, 9.17) is 13.6 Å². The van der Waals surface area contributed by atoms with Gasteiger partial charge in [-0.1, -0.05) is 80.1 Å². The first-order valence-corrected chi connectivity index (χ1v) is 16.4. The van der Waals surface area contributed by atoms with Gasteiger partial charge in [-0.2, -0.15) is 0 Å². The summed E-state index contributed by atoms with van der Waals surface area (Å²) in [6, 6.07) is 0. The highest BCUT2D eigenvalue weighted by molar-refractivity contribution is 7.48. The molecule has 0 unspecified atom stereocenters. The quantitative estimate of drug-likeness (QED) is 0.142. The van der Waals surface area contributed by atoms with Gasteiger partial charge in [0.05, 0.1) is 16.8 Å². The van der Waals surface area contributed by atoms with Crippen LogP contribution in [0.3, 0.4) is 0 Å². The third-order valence-corrected chi connectivity index (χ3v) is 9.90. The fourth-order valence-corrected chi connectivity index (χ4v) is 8.04. The van der Waals surface area contributed by atoms with Gasteiger partial charge in [0.2, 0.25) is 0 Å². The molecule has 0 aromatic heterocycles. The Balaban J connectivity index is 6.35. The smallest absolute Gasteiger partial charge is 0.280 e. The van der Waals surface area contributed by atoms with Gasteiger partial charge in [-0.25, -0.2) is 4.57 Å². The average Bonchev–Trinajstić information content (AvgIpc) is 2.71. The first kappa shape index (κ1) is 35.1. The van der Waals surface area contributed by atoms with Gasteiger partial charge in [-0.3, -0.25) is 13.6 Å². The highest BCUT2D eigenvalue weighted by Crippen LogP contribution is 2.61. The van der Waals surface area contributed by atoms with E-state index in [1.807, 2.05) is 0 Å². The van der Waals surface area contributed by atoms with Crippen LogP contribution >= 0.6 is 7.82 Å². The Morgan fingerprint density at radius 3 is 0.771 bits per heavy atom. The second-order valence-corrected chi connectivity index (χ2v) is 13.8. The zero-order chi connectivity index (χ0) is 27.3. The van der Waals surface area contributed by atoms with Crippen LogP contribution in [-0.4, -0.2) is 16.8 Å². The molecule has 5 heteroatoms. The summed E-state index contributed by atoms with van der Waals surface area (Å²) in [4.78, 5) is 0. The predicted octanol–water partition coefficient (Wildman–Crippen LogP) is 11.1. The number of hydrogen-bond acceptors (Lipinski definition) is 4. The van der Waals surface area contributed by atoms with Gasteiger partial charge in [0, 0.05) is 0 Å². The summed E-state index contributed by atoms with van der Waals surface area (Å²) in [5.74, 6) is 0.898. The molecule has 0 heterocycles. The molecule has 0 aromatic carbocycles. The molecule has 0 atom stereocenters. The summed E-state index contributed by atoms with van der Waals surface area (Å²) in [5.41, 5.74) is -1.82. The normalized spacial score (nSPS) is 14.0. The van der Waals surface area contributed by atoms with E-state index in [1.54, 1.807) is 0 Å². The van der Waals surface area contributed by atoms with E-state index in [9.17, 15) is 4.57 Å². The Labute approximate surface area is 220 Å². The van der Waals surface area contributed by atoms with Crippen molar-refractivity contribution in [2.24, 2.45) is 17.8 Å². The number of hydrogen-bond donors (Lipinski definition) is 0. The molecule has 35 heavy (non-hydrogen) atoms. The Morgan fingerprint density at radius 2 is 0.629 bits per heavy atom. The van der Waals surface area contributed by atoms with Gasteiger partial charge >= 0.3 is 7.82 Å². The van der Waals surface area contributed by atoms with Gasteiger partial charge < -0.3 is 0 Å². The number of phosphoric ester groups is 1. The molecule has 0 saturated carbocycles. The van der Waals surface area contributed by atoms with E-state index < -0.39 is 24.6 Å². The predicted molar refractivity (Wildman–Crippen MR) is 153 cm³/mol. The Hall–Kier alpha value is 0.110. The topological polar surface area (TPSA) is 44.8 Å². The van der Waals surface area contributed by atoms with Crippen molar-refractivity contribution in [3.05, 3.63) is 0 Å². The molecular formula is C30H63O4P. The first-order valence-electron chi connectivity index (χ1n) is 14.9. The Morgan fingerprint density at radius 1 is 0.457 bits per heavy atom. The molecular weight excluding hydrogens is 455 g/mol. The minimum Gasteiger partial charge on any atom is -0.280 e. The highest BCUT2D eigenvalue weighted by atomic mass is 31.2. The molecule has 0 aromatic rings. The van der Waals surface area contributed by atoms with Gasteiger partial charge in [0.1, 0.15) is 0 Å². The average molecular weight is 519 g/mol. The zero-order valence-corrected chi connectivity index (χ0v) is 26.7. The molecule has 0 aliphatic carbocycles. The van der Waals surface area contributed by atoms with Gasteiger partial charge in [0.15, 0.2) is 0 Å². The lowest BCUT2D eigenvalue weighted by atomic mass is 9.84. The second kappa shape index (κ2) is 16.2. The molecule has 0 spiro atoms. The molecule has 0 rings (SSSR count).